The summed E-state index contributed by atoms with van der Waals surface area (Å²) in [5, 5.41) is 5.99. The van der Waals surface area contributed by atoms with Crippen LogP contribution in [0.25, 0.3) is 11.3 Å². The Hall–Kier alpha value is -2.57. The second kappa shape index (κ2) is 7.35. The Balaban J connectivity index is 1.41. The van der Waals surface area contributed by atoms with Gasteiger partial charge in [-0.3, -0.25) is 4.79 Å². The van der Waals surface area contributed by atoms with Crippen molar-refractivity contribution in [2.45, 2.75) is 6.42 Å². The number of hydrogen-bond donors (Lipinski definition) is 1. The average Bonchev–Trinajstić information content (AvgIpc) is 3.10. The van der Waals surface area contributed by atoms with Gasteiger partial charge < -0.3 is 14.8 Å². The van der Waals surface area contributed by atoms with E-state index >= 15 is 0 Å². The molecular formula is C19H15ClN2O3S. The first-order valence-corrected chi connectivity index (χ1v) is 9.33. The topological polar surface area (TPSA) is 60.5 Å². The molecule has 2 heterocycles. The van der Waals surface area contributed by atoms with Crippen molar-refractivity contribution in [3.63, 3.8) is 0 Å². The molecule has 0 fully saturated rings. The monoisotopic (exact) mass is 386 g/mol. The van der Waals surface area contributed by atoms with E-state index in [0.717, 1.165) is 16.8 Å². The number of amides is 1. The molecule has 0 saturated heterocycles. The Bertz CT molecular complexity index is 940. The summed E-state index contributed by atoms with van der Waals surface area (Å²) in [4.78, 5) is 16.8. The van der Waals surface area contributed by atoms with E-state index in [9.17, 15) is 4.79 Å². The second-order valence-corrected chi connectivity index (χ2v) is 7.04. The predicted molar refractivity (Wildman–Crippen MR) is 102 cm³/mol. The van der Waals surface area contributed by atoms with Crippen molar-refractivity contribution >= 4 is 34.0 Å². The average molecular weight is 387 g/mol. The Morgan fingerprint density at radius 3 is 2.69 bits per heavy atom. The lowest BCUT2D eigenvalue weighted by Crippen LogP contribution is -2.17. The van der Waals surface area contributed by atoms with Crippen LogP contribution >= 0.6 is 22.9 Å². The molecule has 3 aromatic rings. The van der Waals surface area contributed by atoms with Crippen molar-refractivity contribution in [3.8, 4) is 22.8 Å². The molecule has 2 aromatic carbocycles. The third-order valence-electron chi connectivity index (χ3n) is 3.86. The largest absolute Gasteiger partial charge is 0.486 e. The SMILES string of the molecule is O=C(Cc1ccc2c(c1)OCCO2)Nc1nc(-c2ccc(Cl)cc2)cs1. The van der Waals surface area contributed by atoms with Gasteiger partial charge in [-0.05, 0) is 29.8 Å². The first kappa shape index (κ1) is 16.9. The number of carbonyl (C=O) groups is 1. The Labute approximate surface area is 159 Å². The summed E-state index contributed by atoms with van der Waals surface area (Å²) in [5.41, 5.74) is 2.63. The van der Waals surface area contributed by atoms with Crippen LogP contribution in [0.2, 0.25) is 5.02 Å². The van der Waals surface area contributed by atoms with Crippen LogP contribution in [-0.2, 0) is 11.2 Å². The number of nitrogens with zero attached hydrogens (tertiary/aromatic N) is 1. The van der Waals surface area contributed by atoms with E-state index in [1.165, 1.54) is 11.3 Å². The summed E-state index contributed by atoms with van der Waals surface area (Å²) in [5.74, 6) is 1.27. The molecule has 0 unspecified atom stereocenters. The van der Waals surface area contributed by atoms with Gasteiger partial charge in [-0.1, -0.05) is 29.8 Å². The third kappa shape index (κ3) is 3.81. The molecule has 1 aliphatic heterocycles. The van der Waals surface area contributed by atoms with E-state index in [4.69, 9.17) is 21.1 Å². The number of hydrogen-bond acceptors (Lipinski definition) is 5. The van der Waals surface area contributed by atoms with Gasteiger partial charge >= 0.3 is 0 Å². The van der Waals surface area contributed by atoms with Gasteiger partial charge in [-0.15, -0.1) is 11.3 Å². The zero-order chi connectivity index (χ0) is 17.9. The Kier molecular flexibility index (Phi) is 4.77. The van der Waals surface area contributed by atoms with Crippen LogP contribution in [0.5, 0.6) is 11.5 Å². The summed E-state index contributed by atoms with van der Waals surface area (Å²) in [6, 6.07) is 13.0. The third-order valence-corrected chi connectivity index (χ3v) is 4.87. The predicted octanol–water partition coefficient (Wildman–Crippen LogP) is 4.42. The van der Waals surface area contributed by atoms with Crippen LogP contribution in [-0.4, -0.2) is 24.1 Å². The fraction of sp³-hybridized carbons (Fsp3) is 0.158. The number of halogens is 1. The Morgan fingerprint density at radius 2 is 1.88 bits per heavy atom. The lowest BCUT2D eigenvalue weighted by Gasteiger charge is -2.18. The molecule has 0 saturated carbocycles. The minimum Gasteiger partial charge on any atom is -0.486 e. The van der Waals surface area contributed by atoms with Crippen LogP contribution in [0.3, 0.4) is 0 Å². The summed E-state index contributed by atoms with van der Waals surface area (Å²) < 4.78 is 11.0. The summed E-state index contributed by atoms with van der Waals surface area (Å²) in [6.45, 7) is 1.07. The van der Waals surface area contributed by atoms with Gasteiger partial charge in [0.05, 0.1) is 12.1 Å². The molecule has 0 radical (unpaired) electrons. The second-order valence-electron chi connectivity index (χ2n) is 5.75. The van der Waals surface area contributed by atoms with Crippen molar-refractivity contribution in [1.82, 2.24) is 4.98 Å². The molecule has 0 spiro atoms. The van der Waals surface area contributed by atoms with Crippen LogP contribution < -0.4 is 14.8 Å². The standard InChI is InChI=1S/C19H15ClN2O3S/c20-14-4-2-13(3-5-14)15-11-26-19(21-15)22-18(23)10-12-1-6-16-17(9-12)25-8-7-24-16/h1-6,9,11H,7-8,10H2,(H,21,22,23). The van der Waals surface area contributed by atoms with E-state index < -0.39 is 0 Å². The number of aromatic nitrogens is 1. The quantitative estimate of drug-likeness (QED) is 0.721. The molecule has 1 amide bonds. The van der Waals surface area contributed by atoms with Gasteiger partial charge in [0.1, 0.15) is 13.2 Å². The first-order chi connectivity index (χ1) is 12.7. The number of nitrogens with one attached hydrogen (secondary N) is 1. The van der Waals surface area contributed by atoms with Gasteiger partial charge in [0.15, 0.2) is 16.6 Å². The van der Waals surface area contributed by atoms with E-state index in [-0.39, 0.29) is 12.3 Å². The number of ether oxygens (including phenoxy) is 2. The normalized spacial score (nSPS) is 12.7. The van der Waals surface area contributed by atoms with Crippen LogP contribution in [0.15, 0.2) is 47.8 Å². The molecule has 1 aliphatic rings. The number of fused-ring (bicyclic) bond motifs is 1. The number of carbonyl (C=O) groups excluding carboxylic acids is 1. The molecule has 0 bridgehead atoms. The van der Waals surface area contributed by atoms with Crippen molar-refractivity contribution in [3.05, 3.63) is 58.4 Å². The van der Waals surface area contributed by atoms with Crippen molar-refractivity contribution < 1.29 is 14.3 Å². The van der Waals surface area contributed by atoms with Crippen molar-refractivity contribution in [1.29, 1.82) is 0 Å². The summed E-state index contributed by atoms with van der Waals surface area (Å²) in [7, 11) is 0. The maximum Gasteiger partial charge on any atom is 0.230 e. The highest BCUT2D eigenvalue weighted by atomic mass is 35.5. The maximum absolute atomic E-state index is 12.3. The summed E-state index contributed by atoms with van der Waals surface area (Å²) >= 11 is 7.29. The van der Waals surface area contributed by atoms with Gasteiger partial charge in [-0.2, -0.15) is 0 Å². The molecule has 5 nitrogen and oxygen atoms in total. The fourth-order valence-electron chi connectivity index (χ4n) is 2.63. The first-order valence-electron chi connectivity index (χ1n) is 8.07. The van der Waals surface area contributed by atoms with Gasteiger partial charge in [0.25, 0.3) is 0 Å². The molecule has 1 N–H and O–H groups in total. The summed E-state index contributed by atoms with van der Waals surface area (Å²) in [6.07, 6.45) is 0.243. The molecule has 26 heavy (non-hydrogen) atoms. The molecule has 1 aromatic heterocycles. The van der Waals surface area contributed by atoms with E-state index in [1.54, 1.807) is 0 Å². The zero-order valence-electron chi connectivity index (χ0n) is 13.7. The lowest BCUT2D eigenvalue weighted by atomic mass is 10.1. The number of benzene rings is 2. The molecule has 0 atom stereocenters. The number of anilines is 1. The minimum absolute atomic E-state index is 0.126. The van der Waals surface area contributed by atoms with Crippen LogP contribution in [0.4, 0.5) is 5.13 Å². The molecular weight excluding hydrogens is 372 g/mol. The highest BCUT2D eigenvalue weighted by molar-refractivity contribution is 7.14. The van der Waals surface area contributed by atoms with Crippen molar-refractivity contribution in [2.24, 2.45) is 0 Å². The smallest absolute Gasteiger partial charge is 0.230 e. The van der Waals surface area contributed by atoms with Gasteiger partial charge in [0, 0.05) is 16.0 Å². The molecule has 7 heteroatoms. The van der Waals surface area contributed by atoms with Crippen LogP contribution in [0.1, 0.15) is 5.56 Å². The van der Waals surface area contributed by atoms with Crippen molar-refractivity contribution in [2.75, 3.05) is 18.5 Å². The molecule has 0 aliphatic carbocycles. The minimum atomic E-state index is -0.126. The highest BCUT2D eigenvalue weighted by Gasteiger charge is 2.14. The van der Waals surface area contributed by atoms with Gasteiger partial charge in [-0.25, -0.2) is 4.98 Å². The Morgan fingerprint density at radius 1 is 1.12 bits per heavy atom. The lowest BCUT2D eigenvalue weighted by molar-refractivity contribution is -0.115. The highest BCUT2D eigenvalue weighted by Crippen LogP contribution is 2.31. The van der Waals surface area contributed by atoms with E-state index in [0.29, 0.717) is 34.9 Å². The van der Waals surface area contributed by atoms with Crippen LogP contribution in [0, 0.1) is 0 Å². The number of rotatable bonds is 4. The molecule has 4 rings (SSSR count). The van der Waals surface area contributed by atoms with E-state index in [1.807, 2.05) is 47.8 Å². The fourth-order valence-corrected chi connectivity index (χ4v) is 3.49. The van der Waals surface area contributed by atoms with E-state index in [2.05, 4.69) is 10.3 Å². The van der Waals surface area contributed by atoms with Gasteiger partial charge in [0.2, 0.25) is 5.91 Å². The molecule has 132 valence electrons. The maximum atomic E-state index is 12.3. The number of thiazole rings is 1. The zero-order valence-corrected chi connectivity index (χ0v) is 15.3.